The van der Waals surface area contributed by atoms with Crippen LogP contribution in [0.5, 0.6) is 0 Å². The van der Waals surface area contributed by atoms with Crippen molar-refractivity contribution in [2.75, 3.05) is 4.90 Å². The van der Waals surface area contributed by atoms with Crippen LogP contribution in [0.1, 0.15) is 65.5 Å². The van der Waals surface area contributed by atoms with Crippen LogP contribution < -0.4 is 4.90 Å². The van der Waals surface area contributed by atoms with Crippen LogP contribution in [0.15, 0.2) is 212 Å². The van der Waals surface area contributed by atoms with Crippen LogP contribution in [0.3, 0.4) is 0 Å². The van der Waals surface area contributed by atoms with Gasteiger partial charge in [-0.1, -0.05) is 176 Å². The number of hydrogen-bond donors (Lipinski definition) is 0. The highest BCUT2D eigenvalue weighted by Crippen LogP contribution is 2.71. The predicted octanol–water partition coefficient (Wildman–Crippen LogP) is 16.6. The molecule has 314 valence electrons. The molecule has 1 nitrogen and oxygen atoms in total. The Bertz CT molecular complexity index is 3420. The van der Waals surface area contributed by atoms with Gasteiger partial charge in [0.1, 0.15) is 0 Å². The van der Waals surface area contributed by atoms with Crippen LogP contribution in [0, 0.1) is 23.7 Å². The lowest BCUT2D eigenvalue weighted by Gasteiger charge is -2.61. The van der Waals surface area contributed by atoms with E-state index in [-0.39, 0.29) is 5.41 Å². The Morgan fingerprint density at radius 2 is 0.803 bits per heavy atom. The van der Waals surface area contributed by atoms with Crippen LogP contribution >= 0.6 is 0 Å². The van der Waals surface area contributed by atoms with Gasteiger partial charge in [-0.25, -0.2) is 0 Å². The molecule has 16 rings (SSSR count). The smallest absolute Gasteiger partial charge is 0.0725 e. The molecule has 2 spiro atoms. The van der Waals surface area contributed by atoms with E-state index in [1.165, 1.54) is 127 Å². The summed E-state index contributed by atoms with van der Waals surface area (Å²) in [6.07, 6.45) is 6.95. The van der Waals surface area contributed by atoms with Gasteiger partial charge in [0, 0.05) is 22.4 Å². The molecular weight excluding hydrogens is 795 g/mol. The molecule has 0 N–H and O–H groups in total. The Labute approximate surface area is 388 Å². The van der Waals surface area contributed by atoms with Gasteiger partial charge in [0.05, 0.1) is 11.1 Å². The molecule has 9 aromatic carbocycles. The third kappa shape index (κ3) is 4.80. The molecule has 1 atom stereocenters. The van der Waals surface area contributed by atoms with Gasteiger partial charge in [-0.2, -0.15) is 0 Å². The van der Waals surface area contributed by atoms with Gasteiger partial charge in [-0.05, 0) is 176 Å². The van der Waals surface area contributed by atoms with E-state index in [1.807, 2.05) is 0 Å². The average molecular weight is 844 g/mol. The normalized spacial score (nSPS) is 23.9. The number of nitrogens with zero attached hydrogens (tertiary/aromatic N) is 1. The molecule has 0 aromatic heterocycles. The van der Waals surface area contributed by atoms with Crippen LogP contribution in [-0.4, -0.2) is 0 Å². The van der Waals surface area contributed by atoms with Crippen LogP contribution in [0.2, 0.25) is 0 Å². The minimum atomic E-state index is -0.428. The number of benzene rings is 9. The standard InChI is InChI=1S/C65H49N/c1-3-15-43(16-4-1)45-19-13-20-49(38-45)66(62-28-14-27-61-63(62)53-23-9-12-26-58(53)64(61)47-34-41-33-42(36-47)37-48(64)35-41)50-30-32-60-55(40-50)52-22-8-11-25-57(52)65(60)56-24-10-7-21-51(56)54-39-46(29-31-59(54)65)44-17-5-2-6-18-44/h1-32,38-42,47-48H,33-37H2. The number of rotatable bonds is 5. The third-order valence-electron chi connectivity index (χ3n) is 17.4. The van der Waals surface area contributed by atoms with Crippen LogP contribution in [0.25, 0.3) is 55.6 Å². The summed E-state index contributed by atoms with van der Waals surface area (Å²) in [5.74, 6) is 3.21. The summed E-state index contributed by atoms with van der Waals surface area (Å²) in [6, 6.07) is 81.1. The van der Waals surface area contributed by atoms with Crippen molar-refractivity contribution in [3.63, 3.8) is 0 Å². The molecule has 0 radical (unpaired) electrons. The van der Waals surface area contributed by atoms with Crippen molar-refractivity contribution in [2.24, 2.45) is 23.7 Å². The topological polar surface area (TPSA) is 3.24 Å². The minimum absolute atomic E-state index is 0.0831. The zero-order valence-corrected chi connectivity index (χ0v) is 37.0. The molecule has 4 bridgehead atoms. The first-order valence-electron chi connectivity index (χ1n) is 24.4. The zero-order valence-electron chi connectivity index (χ0n) is 37.0. The maximum absolute atomic E-state index is 2.62. The Balaban J connectivity index is 0.970. The van der Waals surface area contributed by atoms with Crippen molar-refractivity contribution >= 4 is 17.1 Å². The predicted molar refractivity (Wildman–Crippen MR) is 272 cm³/mol. The Kier molecular flexibility index (Phi) is 7.67. The van der Waals surface area contributed by atoms with E-state index in [0.717, 1.165) is 11.8 Å². The van der Waals surface area contributed by atoms with E-state index in [1.54, 1.807) is 11.1 Å². The highest BCUT2D eigenvalue weighted by atomic mass is 15.1. The summed E-state index contributed by atoms with van der Waals surface area (Å²) >= 11 is 0. The lowest BCUT2D eigenvalue weighted by atomic mass is 9.43. The van der Waals surface area contributed by atoms with Crippen molar-refractivity contribution in [2.45, 2.75) is 42.9 Å². The number of hydrogen-bond acceptors (Lipinski definition) is 1. The Morgan fingerprint density at radius 3 is 1.47 bits per heavy atom. The van der Waals surface area contributed by atoms with E-state index < -0.39 is 5.41 Å². The van der Waals surface area contributed by atoms with Crippen molar-refractivity contribution in [1.29, 1.82) is 0 Å². The lowest BCUT2D eigenvalue weighted by Crippen LogP contribution is -2.55. The fourth-order valence-corrected chi connectivity index (χ4v) is 15.3. The molecule has 0 amide bonds. The summed E-state index contributed by atoms with van der Waals surface area (Å²) in [7, 11) is 0. The van der Waals surface area contributed by atoms with Gasteiger partial charge in [0.2, 0.25) is 0 Å². The molecule has 0 aliphatic heterocycles. The van der Waals surface area contributed by atoms with E-state index in [0.29, 0.717) is 11.8 Å². The van der Waals surface area contributed by atoms with Crippen molar-refractivity contribution < 1.29 is 0 Å². The average Bonchev–Trinajstić information content (AvgIpc) is 3.96. The van der Waals surface area contributed by atoms with Crippen LogP contribution in [-0.2, 0) is 10.8 Å². The zero-order chi connectivity index (χ0) is 43.1. The second-order valence-corrected chi connectivity index (χ2v) is 20.4. The molecule has 1 heteroatoms. The second kappa shape index (κ2) is 13.7. The van der Waals surface area contributed by atoms with E-state index in [4.69, 9.17) is 0 Å². The summed E-state index contributed by atoms with van der Waals surface area (Å²) in [5.41, 5.74) is 25.1. The van der Waals surface area contributed by atoms with Gasteiger partial charge in [0.25, 0.3) is 0 Å². The highest BCUT2D eigenvalue weighted by Gasteiger charge is 2.62. The van der Waals surface area contributed by atoms with E-state index in [9.17, 15) is 0 Å². The summed E-state index contributed by atoms with van der Waals surface area (Å²) in [4.78, 5) is 2.62. The van der Waals surface area contributed by atoms with Crippen molar-refractivity contribution in [1.82, 2.24) is 0 Å². The quantitative estimate of drug-likeness (QED) is 0.167. The SMILES string of the molecule is c1ccc(-c2cccc(N(c3ccc4c(c3)-c3ccccc3C43c4ccccc4-c4cc(-c5ccccc5)ccc43)c3cccc4c3-c3ccccc3C43C4CC5CC(C4)CC3C5)c2)cc1. The molecule has 4 fully saturated rings. The molecule has 4 saturated carbocycles. The first kappa shape index (κ1) is 37.0. The summed E-state index contributed by atoms with van der Waals surface area (Å²) < 4.78 is 0. The highest BCUT2D eigenvalue weighted by molar-refractivity contribution is 6.00. The molecule has 1 unspecified atom stereocenters. The van der Waals surface area contributed by atoms with Gasteiger partial charge in [-0.3, -0.25) is 0 Å². The van der Waals surface area contributed by atoms with Crippen LogP contribution in [0.4, 0.5) is 17.1 Å². The summed E-state index contributed by atoms with van der Waals surface area (Å²) in [5, 5.41) is 0. The van der Waals surface area contributed by atoms with Gasteiger partial charge in [0.15, 0.2) is 0 Å². The van der Waals surface area contributed by atoms with Crippen molar-refractivity contribution in [3.8, 4) is 55.6 Å². The van der Waals surface area contributed by atoms with Gasteiger partial charge >= 0.3 is 0 Å². The van der Waals surface area contributed by atoms with E-state index >= 15 is 0 Å². The van der Waals surface area contributed by atoms with Crippen molar-refractivity contribution in [3.05, 3.63) is 246 Å². The minimum Gasteiger partial charge on any atom is -0.310 e. The molecule has 0 saturated heterocycles. The first-order valence-corrected chi connectivity index (χ1v) is 24.4. The fraction of sp³-hybridized carbons (Fsp3) is 0.169. The summed E-state index contributed by atoms with van der Waals surface area (Å²) in [6.45, 7) is 0. The fourth-order valence-electron chi connectivity index (χ4n) is 15.3. The number of fused-ring (bicyclic) bond motifs is 13. The van der Waals surface area contributed by atoms with Gasteiger partial charge in [-0.15, -0.1) is 0 Å². The largest absolute Gasteiger partial charge is 0.310 e. The molecule has 7 aliphatic carbocycles. The maximum atomic E-state index is 2.62. The van der Waals surface area contributed by atoms with Gasteiger partial charge < -0.3 is 4.90 Å². The molecule has 7 aliphatic rings. The third-order valence-corrected chi connectivity index (χ3v) is 17.4. The Hall–Kier alpha value is -7.22. The monoisotopic (exact) mass is 843 g/mol. The maximum Gasteiger partial charge on any atom is 0.0725 e. The second-order valence-electron chi connectivity index (χ2n) is 20.4. The van der Waals surface area contributed by atoms with E-state index in [2.05, 4.69) is 217 Å². The lowest BCUT2D eigenvalue weighted by molar-refractivity contribution is -0.0399. The molecule has 0 heterocycles. The molecule has 9 aromatic rings. The number of anilines is 3. The first-order chi connectivity index (χ1) is 32.7. The Morgan fingerprint density at radius 1 is 0.318 bits per heavy atom. The molecule has 66 heavy (non-hydrogen) atoms. The molecular formula is C65H49N.